The number of rotatable bonds is 6. The highest BCUT2D eigenvalue weighted by Gasteiger charge is 2.50. The van der Waals surface area contributed by atoms with Gasteiger partial charge in [-0.3, -0.25) is 9.59 Å². The van der Waals surface area contributed by atoms with E-state index in [2.05, 4.69) is 32.0 Å². The molecule has 1 aromatic carbocycles. The molecule has 0 aromatic heterocycles. The van der Waals surface area contributed by atoms with Gasteiger partial charge in [0.1, 0.15) is 0 Å². The van der Waals surface area contributed by atoms with E-state index in [9.17, 15) is 9.59 Å². The van der Waals surface area contributed by atoms with Gasteiger partial charge in [0.2, 0.25) is 11.8 Å². The Morgan fingerprint density at radius 2 is 1.75 bits per heavy atom. The molecule has 2 aliphatic rings. The Morgan fingerprint density at radius 1 is 1.08 bits per heavy atom. The van der Waals surface area contributed by atoms with Crippen molar-refractivity contribution < 1.29 is 9.59 Å². The van der Waals surface area contributed by atoms with Crippen molar-refractivity contribution in [2.24, 2.45) is 11.8 Å². The van der Waals surface area contributed by atoms with Crippen LogP contribution in [0.5, 0.6) is 0 Å². The maximum atomic E-state index is 12.8. The van der Waals surface area contributed by atoms with Crippen molar-refractivity contribution in [1.29, 1.82) is 0 Å². The molecular formula is C20H28N2O2. The molecule has 1 heterocycles. The molecule has 3 rings (SSSR count). The van der Waals surface area contributed by atoms with E-state index >= 15 is 0 Å². The maximum absolute atomic E-state index is 12.8. The fourth-order valence-electron chi connectivity index (χ4n) is 3.77. The van der Waals surface area contributed by atoms with Gasteiger partial charge in [-0.15, -0.1) is 0 Å². The van der Waals surface area contributed by atoms with Crippen LogP contribution in [0.2, 0.25) is 0 Å². The largest absolute Gasteiger partial charge is 0.342 e. The lowest BCUT2D eigenvalue weighted by Gasteiger charge is -2.29. The molecule has 4 heteroatoms. The van der Waals surface area contributed by atoms with Crippen molar-refractivity contribution in [2.75, 3.05) is 19.6 Å². The van der Waals surface area contributed by atoms with E-state index in [1.165, 1.54) is 11.1 Å². The molecule has 0 bridgehead atoms. The molecule has 1 saturated carbocycles. The first kappa shape index (κ1) is 17.0. The summed E-state index contributed by atoms with van der Waals surface area (Å²) in [6, 6.07) is 8.34. The van der Waals surface area contributed by atoms with Gasteiger partial charge in [-0.2, -0.15) is 0 Å². The van der Waals surface area contributed by atoms with E-state index in [-0.39, 0.29) is 23.7 Å². The highest BCUT2D eigenvalue weighted by Crippen LogP contribution is 2.42. The Morgan fingerprint density at radius 3 is 2.42 bits per heavy atom. The summed E-state index contributed by atoms with van der Waals surface area (Å²) in [5.41, 5.74) is 2.60. The third-order valence-electron chi connectivity index (χ3n) is 5.17. The first-order valence-electron chi connectivity index (χ1n) is 9.30. The summed E-state index contributed by atoms with van der Waals surface area (Å²) >= 11 is 0. The molecule has 130 valence electrons. The molecule has 2 amide bonds. The van der Waals surface area contributed by atoms with Crippen molar-refractivity contribution in [2.45, 2.75) is 46.1 Å². The Balaban J connectivity index is 1.59. The highest BCUT2D eigenvalue weighted by molar-refractivity contribution is 5.92. The van der Waals surface area contributed by atoms with E-state index < -0.39 is 0 Å². The summed E-state index contributed by atoms with van der Waals surface area (Å²) in [5.74, 6) is 0.206. The van der Waals surface area contributed by atoms with E-state index in [0.717, 1.165) is 45.3 Å². The second kappa shape index (κ2) is 7.37. The average Bonchev–Trinajstić information content (AvgIpc) is 3.40. The van der Waals surface area contributed by atoms with Gasteiger partial charge < -0.3 is 9.80 Å². The molecule has 24 heavy (non-hydrogen) atoms. The lowest BCUT2D eigenvalue weighted by Crippen LogP contribution is -2.39. The van der Waals surface area contributed by atoms with Crippen LogP contribution in [0.3, 0.4) is 0 Å². The fraction of sp³-hybridized carbons (Fsp3) is 0.600. The Kier molecular flexibility index (Phi) is 5.22. The minimum atomic E-state index is -0.0843. The molecule has 1 aromatic rings. The smallest absolute Gasteiger partial charge is 0.226 e. The summed E-state index contributed by atoms with van der Waals surface area (Å²) in [5, 5.41) is 0. The molecule has 0 N–H and O–H groups in total. The van der Waals surface area contributed by atoms with Gasteiger partial charge in [0.25, 0.3) is 0 Å². The normalized spacial score (nSPS) is 22.0. The molecule has 1 aliphatic heterocycles. The Hall–Kier alpha value is -1.84. The van der Waals surface area contributed by atoms with E-state index in [1.807, 2.05) is 15.9 Å². The number of amides is 2. The van der Waals surface area contributed by atoms with E-state index in [0.29, 0.717) is 6.54 Å². The number of hydrogen-bond donors (Lipinski definition) is 0. The number of hydrogen-bond acceptors (Lipinski definition) is 2. The predicted molar refractivity (Wildman–Crippen MR) is 94.3 cm³/mol. The number of fused-ring (bicyclic) bond motifs is 1. The molecule has 2 atom stereocenters. The van der Waals surface area contributed by atoms with Gasteiger partial charge >= 0.3 is 0 Å². The molecule has 4 nitrogen and oxygen atoms in total. The zero-order valence-corrected chi connectivity index (χ0v) is 14.8. The third kappa shape index (κ3) is 3.47. The van der Waals surface area contributed by atoms with Crippen LogP contribution in [0.1, 0.15) is 44.2 Å². The van der Waals surface area contributed by atoms with Crippen LogP contribution in [0, 0.1) is 11.8 Å². The van der Waals surface area contributed by atoms with Gasteiger partial charge in [0.15, 0.2) is 0 Å². The minimum Gasteiger partial charge on any atom is -0.342 e. The molecule has 0 radical (unpaired) electrons. The second-order valence-electron chi connectivity index (χ2n) is 7.05. The Labute approximate surface area is 144 Å². The summed E-state index contributed by atoms with van der Waals surface area (Å²) in [7, 11) is 0. The van der Waals surface area contributed by atoms with Gasteiger partial charge in [0.05, 0.1) is 11.8 Å². The van der Waals surface area contributed by atoms with Crippen LogP contribution >= 0.6 is 0 Å². The van der Waals surface area contributed by atoms with Gasteiger partial charge in [-0.25, -0.2) is 0 Å². The topological polar surface area (TPSA) is 40.6 Å². The number of nitrogens with zero attached hydrogens (tertiary/aromatic N) is 2. The number of carbonyl (C=O) groups excluding carboxylic acids is 2. The molecule has 0 saturated heterocycles. The van der Waals surface area contributed by atoms with Gasteiger partial charge in [0, 0.05) is 26.2 Å². The first-order chi connectivity index (χ1) is 11.7. The summed E-state index contributed by atoms with van der Waals surface area (Å²) in [4.78, 5) is 29.3. The van der Waals surface area contributed by atoms with Crippen LogP contribution in [0.25, 0.3) is 0 Å². The fourth-order valence-corrected chi connectivity index (χ4v) is 3.77. The van der Waals surface area contributed by atoms with Crippen LogP contribution in [-0.2, 0) is 22.6 Å². The molecular weight excluding hydrogens is 300 g/mol. The summed E-state index contributed by atoms with van der Waals surface area (Å²) in [6.45, 7) is 7.27. The first-order valence-corrected chi connectivity index (χ1v) is 9.30. The second-order valence-corrected chi connectivity index (χ2v) is 7.05. The van der Waals surface area contributed by atoms with E-state index in [4.69, 9.17) is 0 Å². The van der Waals surface area contributed by atoms with E-state index in [1.54, 1.807) is 0 Å². The zero-order valence-electron chi connectivity index (χ0n) is 14.8. The number of benzene rings is 1. The molecule has 0 spiro atoms. The van der Waals surface area contributed by atoms with Crippen molar-refractivity contribution in [3.63, 3.8) is 0 Å². The van der Waals surface area contributed by atoms with Crippen molar-refractivity contribution in [1.82, 2.24) is 9.80 Å². The summed E-state index contributed by atoms with van der Waals surface area (Å²) in [6.07, 6.45) is 3.60. The quantitative estimate of drug-likeness (QED) is 0.806. The van der Waals surface area contributed by atoms with Crippen LogP contribution < -0.4 is 0 Å². The Bertz CT molecular complexity index is 607. The molecule has 1 aliphatic carbocycles. The van der Waals surface area contributed by atoms with Crippen LogP contribution in [0.4, 0.5) is 0 Å². The highest BCUT2D eigenvalue weighted by atomic mass is 16.2. The van der Waals surface area contributed by atoms with Crippen LogP contribution in [0.15, 0.2) is 24.3 Å². The standard InChI is InChI=1S/C20H28N2O2/c1-3-10-21(11-4-2)19(23)17-13-18(17)20(24)22-12-9-15-7-5-6-8-16(15)14-22/h5-8,17-18H,3-4,9-14H2,1-2H3. The zero-order chi connectivity index (χ0) is 17.1. The monoisotopic (exact) mass is 328 g/mol. The predicted octanol–water partition coefficient (Wildman–Crippen LogP) is 2.86. The van der Waals surface area contributed by atoms with Gasteiger partial charge in [-0.1, -0.05) is 38.1 Å². The third-order valence-corrected chi connectivity index (χ3v) is 5.17. The van der Waals surface area contributed by atoms with Crippen molar-refractivity contribution in [3.8, 4) is 0 Å². The lowest BCUT2D eigenvalue weighted by atomic mass is 9.99. The minimum absolute atomic E-state index is 0.0761. The number of carbonyl (C=O) groups is 2. The summed E-state index contributed by atoms with van der Waals surface area (Å²) < 4.78 is 0. The molecule has 2 unspecified atom stereocenters. The average molecular weight is 328 g/mol. The van der Waals surface area contributed by atoms with Crippen molar-refractivity contribution in [3.05, 3.63) is 35.4 Å². The van der Waals surface area contributed by atoms with Crippen molar-refractivity contribution >= 4 is 11.8 Å². The maximum Gasteiger partial charge on any atom is 0.226 e. The lowest BCUT2D eigenvalue weighted by molar-refractivity contribution is -0.138. The van der Waals surface area contributed by atoms with Gasteiger partial charge in [-0.05, 0) is 36.8 Å². The molecule has 1 fully saturated rings. The van der Waals surface area contributed by atoms with Crippen LogP contribution in [-0.4, -0.2) is 41.2 Å². The SMILES string of the molecule is CCCN(CCC)C(=O)C1CC1C(=O)N1CCc2ccccc2C1.